The minimum absolute atomic E-state index is 0.00468. The number of benzene rings is 2. The molecule has 32 heavy (non-hydrogen) atoms. The molecule has 0 spiro atoms. The Morgan fingerprint density at radius 1 is 1.16 bits per heavy atom. The van der Waals surface area contributed by atoms with E-state index in [4.69, 9.17) is 10.00 Å². The van der Waals surface area contributed by atoms with E-state index >= 15 is 0 Å². The average Bonchev–Trinajstić information content (AvgIpc) is 3.00. The van der Waals surface area contributed by atoms with Crippen molar-refractivity contribution in [3.05, 3.63) is 54.1 Å². The van der Waals surface area contributed by atoms with E-state index in [2.05, 4.69) is 11.4 Å². The highest BCUT2D eigenvalue weighted by atomic mass is 16.5. The summed E-state index contributed by atoms with van der Waals surface area (Å²) in [5.41, 5.74) is 1.48. The number of imide groups is 1. The Hall–Kier alpha value is -3.90. The van der Waals surface area contributed by atoms with Gasteiger partial charge in [0.1, 0.15) is 17.9 Å². The van der Waals surface area contributed by atoms with E-state index < -0.39 is 23.5 Å². The fourth-order valence-corrected chi connectivity index (χ4v) is 3.40. The third-order valence-corrected chi connectivity index (χ3v) is 5.51. The summed E-state index contributed by atoms with van der Waals surface area (Å²) in [6.45, 7) is 3.41. The number of nitrogens with one attached hydrogen (secondary N) is 1. The molecule has 9 nitrogen and oxygen atoms in total. The lowest BCUT2D eigenvalue weighted by Crippen LogP contribution is -2.47. The van der Waals surface area contributed by atoms with Crippen molar-refractivity contribution in [1.29, 1.82) is 5.26 Å². The molecule has 0 aliphatic carbocycles. The number of rotatable bonds is 9. The van der Waals surface area contributed by atoms with E-state index in [1.54, 1.807) is 38.1 Å². The van der Waals surface area contributed by atoms with Crippen LogP contribution in [0, 0.1) is 11.3 Å². The largest absolute Gasteiger partial charge is 0.491 e. The Bertz CT molecular complexity index is 1030. The van der Waals surface area contributed by atoms with Crippen LogP contribution < -0.4 is 10.1 Å². The van der Waals surface area contributed by atoms with Gasteiger partial charge in [0.05, 0.1) is 17.7 Å². The smallest absolute Gasteiger partial charge is 0.324 e. The maximum atomic E-state index is 12.0. The Balaban J connectivity index is 1.61. The van der Waals surface area contributed by atoms with Crippen LogP contribution in [0.4, 0.5) is 4.79 Å². The van der Waals surface area contributed by atoms with Gasteiger partial charge in [-0.15, -0.1) is 0 Å². The normalized spacial score (nSPS) is 15.6. The lowest BCUT2D eigenvalue weighted by Gasteiger charge is -2.30. The van der Waals surface area contributed by atoms with Gasteiger partial charge >= 0.3 is 6.03 Å². The topological polar surface area (TPSA) is 123 Å². The maximum absolute atomic E-state index is 12.0. The molecule has 0 aromatic heterocycles. The molecule has 9 heteroatoms. The molecule has 0 radical (unpaired) electrons. The predicted molar refractivity (Wildman–Crippen MR) is 115 cm³/mol. The van der Waals surface area contributed by atoms with Crippen molar-refractivity contribution in [3.63, 3.8) is 0 Å². The highest BCUT2D eigenvalue weighted by Crippen LogP contribution is 2.24. The van der Waals surface area contributed by atoms with E-state index in [0.717, 1.165) is 11.1 Å². The summed E-state index contributed by atoms with van der Waals surface area (Å²) in [5.74, 6) is 0.148. The number of urea groups is 1. The van der Waals surface area contributed by atoms with Gasteiger partial charge in [0, 0.05) is 6.54 Å². The quantitative estimate of drug-likeness (QED) is 0.270. The number of nitrogens with zero attached hydrogens (tertiary/aromatic N) is 3. The molecule has 3 rings (SSSR count). The van der Waals surface area contributed by atoms with Crippen LogP contribution in [0.15, 0.2) is 48.5 Å². The summed E-state index contributed by atoms with van der Waals surface area (Å²) < 4.78 is 5.74. The monoisotopic (exact) mass is 436 g/mol. The Labute approximate surface area is 185 Å². The van der Waals surface area contributed by atoms with E-state index in [1.807, 2.05) is 24.3 Å². The molecule has 1 aliphatic heterocycles. The first-order chi connectivity index (χ1) is 15.3. The highest BCUT2D eigenvalue weighted by molar-refractivity contribution is 6.06. The summed E-state index contributed by atoms with van der Waals surface area (Å²) in [4.78, 5) is 36.4. The van der Waals surface area contributed by atoms with Gasteiger partial charge in [-0.1, -0.05) is 24.3 Å². The summed E-state index contributed by atoms with van der Waals surface area (Å²) in [5, 5.41) is 21.6. The molecular formula is C23H24N4O5. The number of ether oxygens (including phenoxy) is 1. The average molecular weight is 436 g/mol. The SMILES string of the molecule is CC1(C)C(=O)NC(=O)N1CCC(COc1ccc(-c2ccc(C#N)cc2)cc1)N(O)C=O. The van der Waals surface area contributed by atoms with Crippen LogP contribution in [0.3, 0.4) is 0 Å². The fraction of sp³-hybridized carbons (Fsp3) is 0.304. The van der Waals surface area contributed by atoms with E-state index in [1.165, 1.54) is 4.90 Å². The van der Waals surface area contributed by atoms with Gasteiger partial charge in [-0.25, -0.2) is 9.86 Å². The van der Waals surface area contributed by atoms with E-state index in [9.17, 15) is 19.6 Å². The van der Waals surface area contributed by atoms with Gasteiger partial charge in [-0.3, -0.25) is 20.1 Å². The third-order valence-electron chi connectivity index (χ3n) is 5.51. The molecule has 166 valence electrons. The van der Waals surface area contributed by atoms with Gasteiger partial charge in [0.2, 0.25) is 6.41 Å². The van der Waals surface area contributed by atoms with Crippen LogP contribution in [0.1, 0.15) is 25.8 Å². The molecular weight excluding hydrogens is 412 g/mol. The molecule has 0 saturated carbocycles. The Morgan fingerprint density at radius 3 is 2.25 bits per heavy atom. The third kappa shape index (κ3) is 4.87. The molecule has 1 atom stereocenters. The zero-order valence-corrected chi connectivity index (χ0v) is 17.8. The van der Waals surface area contributed by atoms with Crippen molar-refractivity contribution >= 4 is 18.3 Å². The standard InChI is InChI=1S/C23H24N4O5/c1-23(2)21(29)25-22(30)26(23)12-11-19(27(31)15-28)14-32-20-9-7-18(8-10-20)17-5-3-16(13-24)4-6-17/h3-10,15,19,31H,11-12,14H2,1-2H3,(H,25,29,30). The van der Waals surface area contributed by atoms with E-state index in [-0.39, 0.29) is 26.0 Å². The minimum Gasteiger partial charge on any atom is -0.491 e. The van der Waals surface area contributed by atoms with Crippen LogP contribution in [0.5, 0.6) is 5.75 Å². The maximum Gasteiger partial charge on any atom is 0.324 e. The molecule has 1 heterocycles. The van der Waals surface area contributed by atoms with Crippen molar-refractivity contribution in [2.45, 2.75) is 31.8 Å². The molecule has 2 aromatic carbocycles. The summed E-state index contributed by atoms with van der Waals surface area (Å²) in [7, 11) is 0. The predicted octanol–water partition coefficient (Wildman–Crippen LogP) is 2.54. The molecule has 0 bridgehead atoms. The van der Waals surface area contributed by atoms with Crippen molar-refractivity contribution in [3.8, 4) is 22.9 Å². The minimum atomic E-state index is -1.01. The molecule has 4 amide bonds. The lowest BCUT2D eigenvalue weighted by atomic mass is 10.0. The van der Waals surface area contributed by atoms with Gasteiger partial charge in [0.25, 0.3) is 5.91 Å². The molecule has 2 N–H and O–H groups in total. The number of hydroxylamine groups is 2. The first-order valence-corrected chi connectivity index (χ1v) is 10.0. The highest BCUT2D eigenvalue weighted by Gasteiger charge is 2.45. The number of hydrogen-bond donors (Lipinski definition) is 2. The van der Waals surface area contributed by atoms with Crippen LogP contribution in [-0.4, -0.2) is 58.3 Å². The van der Waals surface area contributed by atoms with Crippen LogP contribution >= 0.6 is 0 Å². The van der Waals surface area contributed by atoms with Gasteiger partial charge in [-0.05, 0) is 55.7 Å². The second-order valence-corrected chi connectivity index (χ2v) is 7.92. The second kappa shape index (κ2) is 9.49. The molecule has 1 saturated heterocycles. The number of carbonyl (C=O) groups is 3. The fourth-order valence-electron chi connectivity index (χ4n) is 3.40. The van der Waals surface area contributed by atoms with Crippen molar-refractivity contribution in [2.24, 2.45) is 0 Å². The summed E-state index contributed by atoms with van der Waals surface area (Å²) >= 11 is 0. The zero-order chi connectivity index (χ0) is 23.3. The second-order valence-electron chi connectivity index (χ2n) is 7.92. The van der Waals surface area contributed by atoms with Crippen LogP contribution in [0.2, 0.25) is 0 Å². The van der Waals surface area contributed by atoms with Crippen LogP contribution in [-0.2, 0) is 9.59 Å². The van der Waals surface area contributed by atoms with Gasteiger partial charge in [-0.2, -0.15) is 5.26 Å². The molecule has 1 aliphatic rings. The molecule has 1 fully saturated rings. The number of amides is 4. The van der Waals surface area contributed by atoms with Gasteiger partial charge < -0.3 is 9.64 Å². The number of hydrogen-bond acceptors (Lipinski definition) is 6. The first kappa shape index (κ1) is 22.8. The van der Waals surface area contributed by atoms with Crippen LogP contribution in [0.25, 0.3) is 11.1 Å². The van der Waals surface area contributed by atoms with E-state index in [0.29, 0.717) is 16.4 Å². The Morgan fingerprint density at radius 2 is 1.75 bits per heavy atom. The molecule has 1 unspecified atom stereocenters. The number of nitriles is 1. The zero-order valence-electron chi connectivity index (χ0n) is 17.8. The van der Waals surface area contributed by atoms with Crippen molar-refractivity contribution < 1.29 is 24.3 Å². The summed E-state index contributed by atoms with van der Waals surface area (Å²) in [6.07, 6.45) is 0.491. The van der Waals surface area contributed by atoms with Crippen molar-refractivity contribution in [1.82, 2.24) is 15.3 Å². The molecule has 2 aromatic rings. The summed E-state index contributed by atoms with van der Waals surface area (Å²) in [6, 6.07) is 15.3. The van der Waals surface area contributed by atoms with Gasteiger partial charge in [0.15, 0.2) is 0 Å². The van der Waals surface area contributed by atoms with Crippen molar-refractivity contribution in [2.75, 3.05) is 13.2 Å². The lowest BCUT2D eigenvalue weighted by molar-refractivity contribution is -0.164. The first-order valence-electron chi connectivity index (χ1n) is 10.0. The Kier molecular flexibility index (Phi) is 6.76. The number of carbonyl (C=O) groups excluding carboxylic acids is 3.